The minimum atomic E-state index is -0.887. The highest BCUT2D eigenvalue weighted by atomic mass is 19.1. The fourth-order valence-corrected chi connectivity index (χ4v) is 1.48. The van der Waals surface area contributed by atoms with Gasteiger partial charge in [-0.1, -0.05) is 12.1 Å². The van der Waals surface area contributed by atoms with Crippen molar-refractivity contribution in [2.45, 2.75) is 11.6 Å². The second kappa shape index (κ2) is 2.67. The van der Waals surface area contributed by atoms with Gasteiger partial charge in [-0.2, -0.15) is 0 Å². The van der Waals surface area contributed by atoms with Crippen LogP contribution in [0.25, 0.3) is 0 Å². The van der Waals surface area contributed by atoms with Crippen LogP contribution < -0.4 is 0 Å². The van der Waals surface area contributed by atoms with E-state index in [1.807, 2.05) is 0 Å². The molecule has 0 N–H and O–H groups in total. The van der Waals surface area contributed by atoms with Crippen LogP contribution in [0.3, 0.4) is 0 Å². The highest BCUT2D eigenvalue weighted by molar-refractivity contribution is 6.16. The SMILES string of the molecule is BC1OC1(C=O)c1cccc(F)c1. The maximum absolute atomic E-state index is 12.8. The summed E-state index contributed by atoms with van der Waals surface area (Å²) in [7, 11) is 1.79. The van der Waals surface area contributed by atoms with Gasteiger partial charge in [-0.25, -0.2) is 4.39 Å². The first-order valence-electron chi connectivity index (χ1n) is 4.09. The normalized spacial score (nSPS) is 31.3. The van der Waals surface area contributed by atoms with E-state index in [9.17, 15) is 9.18 Å². The zero-order valence-corrected chi connectivity index (χ0v) is 7.16. The number of rotatable bonds is 2. The van der Waals surface area contributed by atoms with Gasteiger partial charge in [-0.3, -0.25) is 4.79 Å². The third-order valence-corrected chi connectivity index (χ3v) is 2.37. The summed E-state index contributed by atoms with van der Waals surface area (Å²) in [4.78, 5) is 10.8. The molecular formula is C9H8BFO2. The van der Waals surface area contributed by atoms with E-state index in [-0.39, 0.29) is 11.8 Å². The van der Waals surface area contributed by atoms with Crippen LogP contribution in [0, 0.1) is 5.82 Å². The van der Waals surface area contributed by atoms with Crippen molar-refractivity contribution in [1.29, 1.82) is 0 Å². The summed E-state index contributed by atoms with van der Waals surface area (Å²) in [6.45, 7) is 0. The molecule has 2 atom stereocenters. The Morgan fingerprint density at radius 3 is 2.77 bits per heavy atom. The number of carbonyl (C=O) groups is 1. The quantitative estimate of drug-likeness (QED) is 0.368. The molecule has 1 aromatic carbocycles. The van der Waals surface area contributed by atoms with Gasteiger partial charge in [0.2, 0.25) is 0 Å². The van der Waals surface area contributed by atoms with E-state index in [1.54, 1.807) is 20.0 Å². The number of halogens is 1. The molecule has 0 saturated carbocycles. The molecule has 2 nitrogen and oxygen atoms in total. The molecule has 1 saturated heterocycles. The molecule has 0 aliphatic carbocycles. The van der Waals surface area contributed by atoms with Gasteiger partial charge < -0.3 is 4.74 Å². The zero-order valence-electron chi connectivity index (χ0n) is 7.16. The lowest BCUT2D eigenvalue weighted by atomic mass is 9.87. The Hall–Kier alpha value is -1.16. The number of epoxide rings is 1. The van der Waals surface area contributed by atoms with Gasteiger partial charge in [0, 0.05) is 0 Å². The van der Waals surface area contributed by atoms with Crippen molar-refractivity contribution in [1.82, 2.24) is 0 Å². The van der Waals surface area contributed by atoms with Gasteiger partial charge >= 0.3 is 0 Å². The molecule has 0 radical (unpaired) electrons. The first kappa shape index (κ1) is 8.44. The smallest absolute Gasteiger partial charge is 0.166 e. The molecule has 4 heteroatoms. The molecule has 0 aromatic heterocycles. The van der Waals surface area contributed by atoms with E-state index in [2.05, 4.69) is 0 Å². The maximum atomic E-state index is 12.8. The Balaban J connectivity index is 2.41. The van der Waals surface area contributed by atoms with Crippen molar-refractivity contribution in [3.63, 3.8) is 0 Å². The van der Waals surface area contributed by atoms with Crippen molar-refractivity contribution in [2.24, 2.45) is 0 Å². The summed E-state index contributed by atoms with van der Waals surface area (Å²) in [5, 5.41) is 0. The van der Waals surface area contributed by atoms with E-state index in [1.165, 1.54) is 12.1 Å². The largest absolute Gasteiger partial charge is 0.363 e. The molecule has 1 aromatic rings. The fraction of sp³-hybridized carbons (Fsp3) is 0.222. The second-order valence-electron chi connectivity index (χ2n) is 3.18. The van der Waals surface area contributed by atoms with Crippen LogP contribution in [0.4, 0.5) is 4.39 Å². The van der Waals surface area contributed by atoms with Crippen LogP contribution in [0.5, 0.6) is 0 Å². The van der Waals surface area contributed by atoms with Gasteiger partial charge in [0.15, 0.2) is 11.9 Å². The Morgan fingerprint density at radius 1 is 1.62 bits per heavy atom. The summed E-state index contributed by atoms with van der Waals surface area (Å²) in [6.07, 6.45) is 0.729. The first-order chi connectivity index (χ1) is 6.19. The molecular weight excluding hydrogens is 170 g/mol. The van der Waals surface area contributed by atoms with E-state index in [4.69, 9.17) is 4.74 Å². The number of carbonyl (C=O) groups excluding carboxylic acids is 1. The van der Waals surface area contributed by atoms with Gasteiger partial charge in [0.05, 0.1) is 6.00 Å². The van der Waals surface area contributed by atoms with Crippen molar-refractivity contribution in [3.05, 3.63) is 35.6 Å². The summed E-state index contributed by atoms with van der Waals surface area (Å²) >= 11 is 0. The van der Waals surface area contributed by atoms with Crippen molar-refractivity contribution >= 4 is 14.1 Å². The number of benzene rings is 1. The molecule has 2 unspecified atom stereocenters. The number of hydrogen-bond acceptors (Lipinski definition) is 2. The van der Waals surface area contributed by atoms with Crippen LogP contribution >= 0.6 is 0 Å². The summed E-state index contributed by atoms with van der Waals surface area (Å²) in [6, 6.07) is 5.80. The van der Waals surface area contributed by atoms with E-state index in [0.29, 0.717) is 5.56 Å². The van der Waals surface area contributed by atoms with Gasteiger partial charge in [0.1, 0.15) is 13.7 Å². The van der Waals surface area contributed by atoms with E-state index in [0.717, 1.165) is 6.29 Å². The van der Waals surface area contributed by atoms with Crippen LogP contribution in [-0.2, 0) is 15.1 Å². The van der Waals surface area contributed by atoms with Crippen LogP contribution in [-0.4, -0.2) is 20.1 Å². The van der Waals surface area contributed by atoms with Gasteiger partial charge in [-0.15, -0.1) is 0 Å². The zero-order chi connectivity index (χ0) is 9.47. The average molecular weight is 178 g/mol. The van der Waals surface area contributed by atoms with Crippen molar-refractivity contribution in [2.75, 3.05) is 0 Å². The topological polar surface area (TPSA) is 29.6 Å². The molecule has 1 aliphatic heterocycles. The van der Waals surface area contributed by atoms with E-state index >= 15 is 0 Å². The maximum Gasteiger partial charge on any atom is 0.166 e. The minimum Gasteiger partial charge on any atom is -0.363 e. The summed E-state index contributed by atoms with van der Waals surface area (Å²) in [5.41, 5.74) is -0.294. The van der Waals surface area contributed by atoms with Crippen LogP contribution in [0.15, 0.2) is 24.3 Å². The van der Waals surface area contributed by atoms with Crippen molar-refractivity contribution < 1.29 is 13.9 Å². The summed E-state index contributed by atoms with van der Waals surface area (Å²) < 4.78 is 18.0. The van der Waals surface area contributed by atoms with Crippen LogP contribution in [0.2, 0.25) is 0 Å². The Labute approximate surface area is 76.1 Å². The Morgan fingerprint density at radius 2 is 2.31 bits per heavy atom. The van der Waals surface area contributed by atoms with Gasteiger partial charge in [0.25, 0.3) is 0 Å². The standard InChI is InChI=1S/C9H8BFO2/c10-8-9(5-12,13-8)6-2-1-3-7(11)4-6/h1-5,8H,10H2. The lowest BCUT2D eigenvalue weighted by molar-refractivity contribution is -0.112. The second-order valence-corrected chi connectivity index (χ2v) is 3.18. The van der Waals surface area contributed by atoms with Gasteiger partial charge in [-0.05, 0) is 17.7 Å². The van der Waals surface area contributed by atoms with E-state index < -0.39 is 5.60 Å². The monoisotopic (exact) mass is 178 g/mol. The lowest BCUT2D eigenvalue weighted by Gasteiger charge is -2.04. The number of ether oxygens (including phenoxy) is 1. The summed E-state index contributed by atoms with van der Waals surface area (Å²) in [5.74, 6) is -0.346. The molecule has 2 rings (SSSR count). The predicted molar refractivity (Wildman–Crippen MR) is 47.6 cm³/mol. The molecule has 1 fully saturated rings. The number of hydrogen-bond donors (Lipinski definition) is 0. The molecule has 1 heterocycles. The first-order valence-corrected chi connectivity index (χ1v) is 4.09. The van der Waals surface area contributed by atoms with Crippen LogP contribution in [0.1, 0.15) is 5.56 Å². The molecule has 0 amide bonds. The average Bonchev–Trinajstić information content (AvgIpc) is 2.78. The third-order valence-electron chi connectivity index (χ3n) is 2.37. The highest BCUT2D eigenvalue weighted by Crippen LogP contribution is 2.42. The molecule has 13 heavy (non-hydrogen) atoms. The lowest BCUT2D eigenvalue weighted by Crippen LogP contribution is -2.14. The molecule has 1 aliphatic rings. The molecule has 66 valence electrons. The highest BCUT2D eigenvalue weighted by Gasteiger charge is 2.54. The molecule has 0 spiro atoms. The number of aldehydes is 1. The predicted octanol–water partition coefficient (Wildman–Crippen LogP) is 0.209. The minimum absolute atomic E-state index is 0.146. The van der Waals surface area contributed by atoms with Crippen molar-refractivity contribution in [3.8, 4) is 0 Å². The Bertz CT molecular complexity index is 355. The Kier molecular flexibility index (Phi) is 1.73. The molecule has 0 bridgehead atoms. The third kappa shape index (κ3) is 1.18. The fourth-order valence-electron chi connectivity index (χ4n) is 1.48.